The van der Waals surface area contributed by atoms with Crippen LogP contribution in [0.3, 0.4) is 0 Å². The number of rotatable bonds is 6. The minimum absolute atomic E-state index is 0.143. The Morgan fingerprint density at radius 3 is 1.74 bits per heavy atom. The van der Waals surface area contributed by atoms with E-state index in [0.717, 1.165) is 22.5 Å². The van der Waals surface area contributed by atoms with Crippen molar-refractivity contribution in [3.05, 3.63) is 118 Å². The highest BCUT2D eigenvalue weighted by atomic mass is 19.1. The minimum Gasteiger partial charge on any atom is -0.357 e. The molecule has 0 fully saturated rings. The summed E-state index contributed by atoms with van der Waals surface area (Å²) in [5.74, 6) is -0.618. The van der Waals surface area contributed by atoms with Gasteiger partial charge >= 0.3 is 0 Å². The fraction of sp³-hybridized carbons (Fsp3) is 0.160. The second-order valence-corrected chi connectivity index (χ2v) is 7.52. The molecule has 0 saturated carbocycles. The number of benzene rings is 3. The quantitative estimate of drug-likeness (QED) is 0.442. The van der Waals surface area contributed by atoms with E-state index in [1.54, 1.807) is 28.9 Å². The summed E-state index contributed by atoms with van der Waals surface area (Å²) < 4.78 is 30.3. The van der Waals surface area contributed by atoms with Gasteiger partial charge in [-0.1, -0.05) is 42.5 Å². The summed E-state index contributed by atoms with van der Waals surface area (Å²) in [4.78, 5) is 15.5. The molecule has 6 heteroatoms. The van der Waals surface area contributed by atoms with Crippen LogP contribution in [0.1, 0.15) is 16.8 Å². The van der Waals surface area contributed by atoms with Crippen molar-refractivity contribution in [3.8, 4) is 5.69 Å². The summed E-state index contributed by atoms with van der Waals surface area (Å²) in [6.07, 6.45) is 0. The summed E-state index contributed by atoms with van der Waals surface area (Å²) in [5, 5.41) is 0. The molecule has 0 aliphatic heterocycles. The zero-order valence-corrected chi connectivity index (χ0v) is 17.4. The Morgan fingerprint density at radius 1 is 0.774 bits per heavy atom. The number of halogens is 2. The lowest BCUT2D eigenvalue weighted by molar-refractivity contribution is 0.626. The number of para-hydroxylation sites is 1. The van der Waals surface area contributed by atoms with Gasteiger partial charge in [-0.3, -0.25) is 9.48 Å². The average Bonchev–Trinajstić information content (AvgIpc) is 2.99. The van der Waals surface area contributed by atoms with Crippen molar-refractivity contribution in [2.24, 2.45) is 7.05 Å². The van der Waals surface area contributed by atoms with Crippen molar-refractivity contribution in [1.29, 1.82) is 0 Å². The molecule has 0 atom stereocenters. The molecule has 0 N–H and O–H groups in total. The van der Waals surface area contributed by atoms with Crippen molar-refractivity contribution in [1.82, 2.24) is 9.36 Å². The first-order valence-corrected chi connectivity index (χ1v) is 10.0. The highest BCUT2D eigenvalue weighted by Gasteiger charge is 2.22. The van der Waals surface area contributed by atoms with Gasteiger partial charge in [-0.05, 0) is 54.4 Å². The molecule has 4 rings (SSSR count). The topological polar surface area (TPSA) is 30.2 Å². The van der Waals surface area contributed by atoms with Crippen LogP contribution < -0.4 is 10.5 Å². The second kappa shape index (κ2) is 8.60. The number of aromatic nitrogens is 2. The fourth-order valence-electron chi connectivity index (χ4n) is 3.75. The Morgan fingerprint density at radius 2 is 1.26 bits per heavy atom. The van der Waals surface area contributed by atoms with Gasteiger partial charge in [-0.25, -0.2) is 13.5 Å². The first-order chi connectivity index (χ1) is 14.9. The maximum Gasteiger partial charge on any atom is 0.295 e. The third-order valence-corrected chi connectivity index (χ3v) is 5.41. The fourth-order valence-corrected chi connectivity index (χ4v) is 3.75. The Hall–Kier alpha value is -3.67. The lowest BCUT2D eigenvalue weighted by Crippen LogP contribution is -2.29. The van der Waals surface area contributed by atoms with Gasteiger partial charge in [0.1, 0.15) is 17.3 Å². The summed E-state index contributed by atoms with van der Waals surface area (Å²) in [5.41, 5.74) is 3.73. The Labute approximate surface area is 179 Å². The maximum atomic E-state index is 13.5. The predicted octanol–water partition coefficient (Wildman–Crippen LogP) is 4.97. The van der Waals surface area contributed by atoms with Gasteiger partial charge in [-0.2, -0.15) is 0 Å². The van der Waals surface area contributed by atoms with Crippen LogP contribution >= 0.6 is 0 Å². The smallest absolute Gasteiger partial charge is 0.295 e. The monoisotopic (exact) mass is 419 g/mol. The van der Waals surface area contributed by atoms with E-state index in [1.807, 2.05) is 53.9 Å². The van der Waals surface area contributed by atoms with Crippen LogP contribution in [0.15, 0.2) is 83.7 Å². The molecule has 4 aromatic rings. The largest absolute Gasteiger partial charge is 0.357 e. The number of hydrogen-bond donors (Lipinski definition) is 0. The Balaban J connectivity index is 1.80. The molecule has 0 spiro atoms. The van der Waals surface area contributed by atoms with Gasteiger partial charge in [0.05, 0.1) is 11.4 Å². The minimum atomic E-state index is -0.309. The molecule has 3 aromatic carbocycles. The molecule has 0 bridgehead atoms. The van der Waals surface area contributed by atoms with E-state index in [9.17, 15) is 13.6 Å². The van der Waals surface area contributed by atoms with E-state index in [4.69, 9.17) is 0 Å². The molecule has 4 nitrogen and oxygen atoms in total. The standard InChI is InChI=1S/C25H23F2N3O/c1-18-24(25(31)30(28(18)2)23-6-4-3-5-7-23)29(16-19-8-12-21(26)13-9-19)17-20-10-14-22(27)15-11-20/h3-15H,16-17H2,1-2H3. The van der Waals surface area contributed by atoms with Gasteiger partial charge in [0.2, 0.25) is 0 Å². The maximum absolute atomic E-state index is 13.5. The van der Waals surface area contributed by atoms with E-state index in [-0.39, 0.29) is 17.2 Å². The summed E-state index contributed by atoms with van der Waals surface area (Å²) >= 11 is 0. The Kier molecular flexibility index (Phi) is 5.71. The molecular weight excluding hydrogens is 396 g/mol. The van der Waals surface area contributed by atoms with E-state index in [2.05, 4.69) is 0 Å². The van der Waals surface area contributed by atoms with Crippen molar-refractivity contribution in [2.75, 3.05) is 4.90 Å². The summed E-state index contributed by atoms with van der Waals surface area (Å²) in [6.45, 7) is 2.72. The molecule has 1 aromatic heterocycles. The molecule has 0 aliphatic carbocycles. The van der Waals surface area contributed by atoms with Crippen LogP contribution in [0.25, 0.3) is 5.69 Å². The third-order valence-electron chi connectivity index (χ3n) is 5.41. The highest BCUT2D eigenvalue weighted by Crippen LogP contribution is 2.23. The average molecular weight is 419 g/mol. The number of nitrogens with zero attached hydrogens (tertiary/aromatic N) is 3. The third kappa shape index (κ3) is 4.28. The molecular formula is C25H23F2N3O. The molecule has 0 radical (unpaired) electrons. The summed E-state index contributed by atoms with van der Waals surface area (Å²) in [7, 11) is 1.85. The van der Waals surface area contributed by atoms with Gasteiger partial charge < -0.3 is 4.90 Å². The van der Waals surface area contributed by atoms with Crippen LogP contribution in [-0.2, 0) is 20.1 Å². The number of anilines is 1. The van der Waals surface area contributed by atoms with Crippen LogP contribution in [0, 0.1) is 18.6 Å². The van der Waals surface area contributed by atoms with Crippen LogP contribution in [0.5, 0.6) is 0 Å². The van der Waals surface area contributed by atoms with Crippen molar-refractivity contribution >= 4 is 5.69 Å². The normalized spacial score (nSPS) is 11.0. The molecule has 0 amide bonds. The predicted molar refractivity (Wildman–Crippen MR) is 118 cm³/mol. The Bertz CT molecular complexity index is 1180. The molecule has 1 heterocycles. The second-order valence-electron chi connectivity index (χ2n) is 7.52. The van der Waals surface area contributed by atoms with Crippen LogP contribution in [0.4, 0.5) is 14.5 Å². The first kappa shape index (κ1) is 20.6. The van der Waals surface area contributed by atoms with E-state index >= 15 is 0 Å². The van der Waals surface area contributed by atoms with Crippen molar-refractivity contribution < 1.29 is 8.78 Å². The van der Waals surface area contributed by atoms with Crippen LogP contribution in [0.2, 0.25) is 0 Å². The first-order valence-electron chi connectivity index (χ1n) is 10.0. The zero-order chi connectivity index (χ0) is 22.0. The lowest BCUT2D eigenvalue weighted by Gasteiger charge is -2.24. The van der Waals surface area contributed by atoms with E-state index in [0.29, 0.717) is 18.8 Å². The molecule has 31 heavy (non-hydrogen) atoms. The molecule has 0 aliphatic rings. The van der Waals surface area contributed by atoms with Gasteiger partial charge in [0.15, 0.2) is 0 Å². The highest BCUT2D eigenvalue weighted by molar-refractivity contribution is 5.52. The van der Waals surface area contributed by atoms with Gasteiger partial charge in [-0.15, -0.1) is 0 Å². The van der Waals surface area contributed by atoms with Crippen LogP contribution in [-0.4, -0.2) is 9.36 Å². The van der Waals surface area contributed by atoms with E-state index in [1.165, 1.54) is 24.3 Å². The van der Waals surface area contributed by atoms with E-state index < -0.39 is 0 Å². The number of hydrogen-bond acceptors (Lipinski definition) is 2. The lowest BCUT2D eigenvalue weighted by atomic mass is 10.1. The molecule has 0 saturated heterocycles. The van der Waals surface area contributed by atoms with Crippen molar-refractivity contribution in [3.63, 3.8) is 0 Å². The summed E-state index contributed by atoms with van der Waals surface area (Å²) in [6, 6.07) is 21.9. The van der Waals surface area contributed by atoms with Gasteiger partial charge in [0, 0.05) is 20.1 Å². The zero-order valence-electron chi connectivity index (χ0n) is 17.4. The molecule has 0 unspecified atom stereocenters. The SMILES string of the molecule is Cc1c(N(Cc2ccc(F)cc2)Cc2ccc(F)cc2)c(=O)n(-c2ccccc2)n1C. The van der Waals surface area contributed by atoms with Crippen molar-refractivity contribution in [2.45, 2.75) is 20.0 Å². The molecule has 158 valence electrons. The van der Waals surface area contributed by atoms with Gasteiger partial charge in [0.25, 0.3) is 5.56 Å².